The zero-order valence-corrected chi connectivity index (χ0v) is 29.8. The van der Waals surface area contributed by atoms with Gasteiger partial charge in [0.2, 0.25) is 0 Å². The van der Waals surface area contributed by atoms with Gasteiger partial charge < -0.3 is 14.6 Å². The standard InChI is InChI=1S/C41H70O5/c1-3-5-7-9-11-13-15-17-18-19-20-21-22-24-25-27-29-31-33-35-40(43)45-38-39(37-42)46-41(44)36-34-32-30-28-26-23-16-14-12-10-8-6-4-2/h5,7,11,13,17-18,20-21,24-25,39,42H,3-4,6,8-10,12,14-16,19,22-23,26-38H2,1-2H3. The summed E-state index contributed by atoms with van der Waals surface area (Å²) in [5.41, 5.74) is 0. The third-order valence-electron chi connectivity index (χ3n) is 7.83. The summed E-state index contributed by atoms with van der Waals surface area (Å²) in [6.07, 6.45) is 47.0. The first-order valence-electron chi connectivity index (χ1n) is 18.8. The van der Waals surface area contributed by atoms with Crippen LogP contribution in [0.25, 0.3) is 0 Å². The molecule has 0 fully saturated rings. The van der Waals surface area contributed by atoms with E-state index >= 15 is 0 Å². The highest BCUT2D eigenvalue weighted by Crippen LogP contribution is 2.13. The van der Waals surface area contributed by atoms with Crippen molar-refractivity contribution >= 4 is 11.9 Å². The second kappa shape index (κ2) is 37.1. The molecule has 1 atom stereocenters. The molecule has 0 amide bonds. The van der Waals surface area contributed by atoms with Crippen LogP contribution in [0.4, 0.5) is 0 Å². The average Bonchev–Trinajstić information content (AvgIpc) is 3.06. The van der Waals surface area contributed by atoms with Gasteiger partial charge in [-0.25, -0.2) is 0 Å². The highest BCUT2D eigenvalue weighted by molar-refractivity contribution is 5.70. The molecular formula is C41H70O5. The van der Waals surface area contributed by atoms with E-state index in [0.29, 0.717) is 12.8 Å². The summed E-state index contributed by atoms with van der Waals surface area (Å²) in [6.45, 7) is 3.98. The zero-order valence-electron chi connectivity index (χ0n) is 29.8. The van der Waals surface area contributed by atoms with E-state index in [2.05, 4.69) is 74.6 Å². The number of hydrogen-bond donors (Lipinski definition) is 1. The first-order valence-corrected chi connectivity index (χ1v) is 18.8. The summed E-state index contributed by atoms with van der Waals surface area (Å²) in [5, 5.41) is 9.53. The van der Waals surface area contributed by atoms with Gasteiger partial charge in [-0.15, -0.1) is 0 Å². The molecular weight excluding hydrogens is 572 g/mol. The second-order valence-corrected chi connectivity index (χ2v) is 12.3. The maximum absolute atomic E-state index is 12.1. The average molecular weight is 643 g/mol. The van der Waals surface area contributed by atoms with Crippen LogP contribution < -0.4 is 0 Å². The fourth-order valence-corrected chi connectivity index (χ4v) is 4.99. The molecule has 0 aliphatic heterocycles. The largest absolute Gasteiger partial charge is 0.462 e. The third-order valence-corrected chi connectivity index (χ3v) is 7.83. The summed E-state index contributed by atoms with van der Waals surface area (Å²) < 4.78 is 10.6. The Morgan fingerprint density at radius 2 is 0.935 bits per heavy atom. The first kappa shape index (κ1) is 43.6. The van der Waals surface area contributed by atoms with E-state index in [1.807, 2.05) is 0 Å². The maximum Gasteiger partial charge on any atom is 0.306 e. The lowest BCUT2D eigenvalue weighted by molar-refractivity contribution is -0.161. The lowest BCUT2D eigenvalue weighted by Crippen LogP contribution is -2.28. The van der Waals surface area contributed by atoms with Gasteiger partial charge in [0.1, 0.15) is 6.61 Å². The molecule has 0 aliphatic rings. The van der Waals surface area contributed by atoms with Gasteiger partial charge in [-0.05, 0) is 57.8 Å². The summed E-state index contributed by atoms with van der Waals surface area (Å²) in [5.74, 6) is -0.630. The highest BCUT2D eigenvalue weighted by atomic mass is 16.6. The van der Waals surface area contributed by atoms with E-state index in [4.69, 9.17) is 9.47 Å². The minimum atomic E-state index is -0.784. The Balaban J connectivity index is 3.65. The molecule has 0 aromatic heterocycles. The van der Waals surface area contributed by atoms with E-state index in [1.165, 1.54) is 64.2 Å². The van der Waals surface area contributed by atoms with Gasteiger partial charge in [-0.2, -0.15) is 0 Å². The molecule has 264 valence electrons. The fourth-order valence-electron chi connectivity index (χ4n) is 4.99. The number of allylic oxidation sites excluding steroid dienone is 10. The molecule has 5 heteroatoms. The molecule has 0 heterocycles. The molecule has 0 radical (unpaired) electrons. The van der Waals surface area contributed by atoms with Gasteiger partial charge in [0.25, 0.3) is 0 Å². The molecule has 0 rings (SSSR count). The van der Waals surface area contributed by atoms with E-state index < -0.39 is 6.10 Å². The number of esters is 2. The summed E-state index contributed by atoms with van der Waals surface area (Å²) >= 11 is 0. The van der Waals surface area contributed by atoms with Crippen LogP contribution in [0.5, 0.6) is 0 Å². The number of carbonyl (C=O) groups is 2. The highest BCUT2D eigenvalue weighted by Gasteiger charge is 2.16. The molecule has 1 N–H and O–H groups in total. The minimum absolute atomic E-state index is 0.0836. The van der Waals surface area contributed by atoms with Crippen LogP contribution in [0.3, 0.4) is 0 Å². The molecule has 0 saturated heterocycles. The predicted molar refractivity (Wildman–Crippen MR) is 196 cm³/mol. The van der Waals surface area contributed by atoms with Crippen LogP contribution in [0.2, 0.25) is 0 Å². The molecule has 0 aliphatic carbocycles. The Bertz CT molecular complexity index is 823. The van der Waals surface area contributed by atoms with Gasteiger partial charge in [-0.1, -0.05) is 158 Å². The van der Waals surface area contributed by atoms with Crippen LogP contribution in [0, 0.1) is 0 Å². The van der Waals surface area contributed by atoms with Crippen LogP contribution in [0.15, 0.2) is 60.8 Å². The predicted octanol–water partition coefficient (Wildman–Crippen LogP) is 11.6. The van der Waals surface area contributed by atoms with Crippen molar-refractivity contribution in [1.82, 2.24) is 0 Å². The molecule has 0 spiro atoms. The minimum Gasteiger partial charge on any atom is -0.462 e. The number of rotatable bonds is 33. The molecule has 0 saturated carbocycles. The maximum atomic E-state index is 12.1. The number of hydrogen-bond acceptors (Lipinski definition) is 5. The molecule has 0 aromatic rings. The number of unbranched alkanes of at least 4 members (excludes halogenated alkanes) is 15. The van der Waals surface area contributed by atoms with E-state index in [0.717, 1.165) is 77.0 Å². The van der Waals surface area contributed by atoms with Gasteiger partial charge in [0, 0.05) is 12.8 Å². The van der Waals surface area contributed by atoms with Crippen LogP contribution in [-0.2, 0) is 19.1 Å². The topological polar surface area (TPSA) is 72.8 Å². The van der Waals surface area contributed by atoms with Crippen molar-refractivity contribution < 1.29 is 24.2 Å². The Kier molecular flexibility index (Phi) is 35.1. The van der Waals surface area contributed by atoms with E-state index in [9.17, 15) is 14.7 Å². The van der Waals surface area contributed by atoms with Crippen LogP contribution >= 0.6 is 0 Å². The van der Waals surface area contributed by atoms with Crippen molar-refractivity contribution in [3.63, 3.8) is 0 Å². The monoisotopic (exact) mass is 643 g/mol. The Morgan fingerprint density at radius 1 is 0.522 bits per heavy atom. The van der Waals surface area contributed by atoms with E-state index in [-0.39, 0.29) is 25.2 Å². The molecule has 5 nitrogen and oxygen atoms in total. The lowest BCUT2D eigenvalue weighted by Gasteiger charge is -2.15. The Hall–Kier alpha value is -2.40. The molecule has 0 bridgehead atoms. The number of aliphatic hydroxyl groups excluding tert-OH is 1. The van der Waals surface area contributed by atoms with E-state index in [1.54, 1.807) is 0 Å². The quantitative estimate of drug-likeness (QED) is 0.0438. The zero-order chi connectivity index (χ0) is 33.6. The molecule has 0 aromatic carbocycles. The summed E-state index contributed by atoms with van der Waals surface area (Å²) in [4.78, 5) is 24.2. The summed E-state index contributed by atoms with van der Waals surface area (Å²) in [6, 6.07) is 0. The second-order valence-electron chi connectivity index (χ2n) is 12.3. The van der Waals surface area contributed by atoms with Gasteiger partial charge in [0.05, 0.1) is 6.61 Å². The van der Waals surface area contributed by atoms with Crippen molar-refractivity contribution in [3.05, 3.63) is 60.8 Å². The number of ether oxygens (including phenoxy) is 2. The Morgan fingerprint density at radius 3 is 1.41 bits per heavy atom. The SMILES string of the molecule is CCC=CCC=CCC=CCC=CCC=CCCCCCC(=O)OCC(CO)OC(=O)CCCCCCCCCCCCCCC. The fraction of sp³-hybridized carbons (Fsp3) is 0.707. The lowest BCUT2D eigenvalue weighted by atomic mass is 10.0. The van der Waals surface area contributed by atoms with Crippen molar-refractivity contribution in [1.29, 1.82) is 0 Å². The van der Waals surface area contributed by atoms with Crippen molar-refractivity contribution in [2.45, 2.75) is 174 Å². The van der Waals surface area contributed by atoms with Crippen molar-refractivity contribution in [2.24, 2.45) is 0 Å². The van der Waals surface area contributed by atoms with Gasteiger partial charge >= 0.3 is 11.9 Å². The van der Waals surface area contributed by atoms with Crippen LogP contribution in [0.1, 0.15) is 168 Å². The van der Waals surface area contributed by atoms with Gasteiger partial charge in [0.15, 0.2) is 6.10 Å². The van der Waals surface area contributed by atoms with Crippen molar-refractivity contribution in [3.8, 4) is 0 Å². The number of aliphatic hydroxyl groups is 1. The normalized spacial score (nSPS) is 12.8. The van der Waals surface area contributed by atoms with Crippen LogP contribution in [-0.4, -0.2) is 36.4 Å². The van der Waals surface area contributed by atoms with Gasteiger partial charge in [-0.3, -0.25) is 9.59 Å². The number of carbonyl (C=O) groups excluding carboxylic acids is 2. The summed E-state index contributed by atoms with van der Waals surface area (Å²) in [7, 11) is 0. The van der Waals surface area contributed by atoms with Crippen molar-refractivity contribution in [2.75, 3.05) is 13.2 Å². The first-order chi connectivity index (χ1) is 22.6. The smallest absolute Gasteiger partial charge is 0.306 e. The third kappa shape index (κ3) is 34.5. The molecule has 46 heavy (non-hydrogen) atoms. The molecule has 1 unspecified atom stereocenters. The Labute approximate surface area is 283 Å².